The Bertz CT molecular complexity index is 441. The molecule has 18 heavy (non-hydrogen) atoms. The molecule has 0 unspecified atom stereocenters. The molecule has 100 valence electrons. The van der Waals surface area contributed by atoms with Crippen molar-refractivity contribution in [3.63, 3.8) is 0 Å². The van der Waals surface area contributed by atoms with Gasteiger partial charge in [-0.1, -0.05) is 19.9 Å². The van der Waals surface area contributed by atoms with Gasteiger partial charge in [0, 0.05) is 5.75 Å². The van der Waals surface area contributed by atoms with Gasteiger partial charge in [0.2, 0.25) is 0 Å². The van der Waals surface area contributed by atoms with Gasteiger partial charge in [-0.3, -0.25) is 0 Å². The molecule has 2 nitrogen and oxygen atoms in total. The highest BCUT2D eigenvalue weighted by Gasteiger charge is 2.34. The van der Waals surface area contributed by atoms with Crippen molar-refractivity contribution in [1.82, 2.24) is 0 Å². The fraction of sp³-hybridized carbons (Fsp3) is 0.417. The zero-order valence-electron chi connectivity index (χ0n) is 9.91. The molecule has 1 N–H and O–H groups in total. The number of halogens is 3. The Morgan fingerprint density at radius 3 is 2.44 bits per heavy atom. The summed E-state index contributed by atoms with van der Waals surface area (Å²) in [5.41, 5.74) is -1.10. The summed E-state index contributed by atoms with van der Waals surface area (Å²) in [6.07, 6.45) is -4.53. The van der Waals surface area contributed by atoms with Crippen LogP contribution >= 0.6 is 11.8 Å². The molecule has 0 heterocycles. The Morgan fingerprint density at radius 2 is 2.00 bits per heavy atom. The molecule has 0 fully saturated rings. The van der Waals surface area contributed by atoms with Gasteiger partial charge in [-0.2, -0.15) is 24.9 Å². The van der Waals surface area contributed by atoms with E-state index in [1.54, 1.807) is 0 Å². The Hall–Kier alpha value is -1.17. The minimum Gasteiger partial charge on any atom is -0.478 e. The molecule has 0 saturated carbocycles. The van der Waals surface area contributed by atoms with Crippen molar-refractivity contribution in [3.05, 3.63) is 34.9 Å². The van der Waals surface area contributed by atoms with Gasteiger partial charge in [0.15, 0.2) is 0 Å². The van der Waals surface area contributed by atoms with Crippen LogP contribution in [-0.4, -0.2) is 16.3 Å². The molecular weight excluding hydrogens is 265 g/mol. The van der Waals surface area contributed by atoms with Crippen LogP contribution in [0.2, 0.25) is 0 Å². The monoisotopic (exact) mass is 278 g/mol. The number of hydrogen-bond acceptors (Lipinski definition) is 2. The summed E-state index contributed by atoms with van der Waals surface area (Å²) >= 11 is 1.38. The number of benzene rings is 1. The number of aromatic carboxylic acids is 1. The molecule has 6 heteroatoms. The van der Waals surface area contributed by atoms with Crippen molar-refractivity contribution in [3.8, 4) is 0 Å². The van der Waals surface area contributed by atoms with E-state index in [-0.39, 0.29) is 22.1 Å². The first-order valence-corrected chi connectivity index (χ1v) is 6.31. The summed E-state index contributed by atoms with van der Waals surface area (Å²) in [5.74, 6) is -1.14. The van der Waals surface area contributed by atoms with Crippen LogP contribution < -0.4 is 0 Å². The zero-order chi connectivity index (χ0) is 13.9. The maximum absolute atomic E-state index is 12.8. The van der Waals surface area contributed by atoms with Crippen LogP contribution in [0.25, 0.3) is 0 Å². The van der Waals surface area contributed by atoms with Gasteiger partial charge < -0.3 is 5.11 Å². The molecular formula is C12H13F3O2S. The van der Waals surface area contributed by atoms with Gasteiger partial charge in [0.1, 0.15) is 0 Å². The first-order valence-electron chi connectivity index (χ1n) is 5.27. The standard InChI is InChI=1S/C12H13F3O2S/c1-7(2)18-6-9-4-3-8(11(16)17)5-10(9)12(13,14)15/h3-5,7H,6H2,1-2H3,(H,16,17). The lowest BCUT2D eigenvalue weighted by Gasteiger charge is -2.14. The van der Waals surface area contributed by atoms with E-state index >= 15 is 0 Å². The number of hydrogen-bond donors (Lipinski definition) is 1. The zero-order valence-corrected chi connectivity index (χ0v) is 10.7. The molecule has 1 rings (SSSR count). The predicted octanol–water partition coefficient (Wildman–Crippen LogP) is 4.05. The fourth-order valence-corrected chi connectivity index (χ4v) is 2.12. The third-order valence-corrected chi connectivity index (χ3v) is 3.38. The lowest BCUT2D eigenvalue weighted by Crippen LogP contribution is -2.11. The van der Waals surface area contributed by atoms with Crippen LogP contribution in [0.5, 0.6) is 0 Å². The topological polar surface area (TPSA) is 37.3 Å². The number of alkyl halides is 3. The number of thioether (sulfide) groups is 1. The van der Waals surface area contributed by atoms with E-state index in [0.717, 1.165) is 0 Å². The van der Waals surface area contributed by atoms with Gasteiger partial charge in [-0.15, -0.1) is 0 Å². The predicted molar refractivity (Wildman–Crippen MR) is 64.8 cm³/mol. The van der Waals surface area contributed by atoms with Crippen LogP contribution in [0.3, 0.4) is 0 Å². The summed E-state index contributed by atoms with van der Waals surface area (Å²) in [7, 11) is 0. The quantitative estimate of drug-likeness (QED) is 0.903. The van der Waals surface area contributed by atoms with Gasteiger partial charge in [0.25, 0.3) is 0 Å². The largest absolute Gasteiger partial charge is 0.478 e. The normalized spacial score (nSPS) is 11.9. The highest BCUT2D eigenvalue weighted by Crippen LogP contribution is 2.34. The van der Waals surface area contributed by atoms with E-state index < -0.39 is 17.7 Å². The molecule has 0 saturated heterocycles. The van der Waals surface area contributed by atoms with Crippen LogP contribution in [0.1, 0.15) is 35.3 Å². The van der Waals surface area contributed by atoms with Gasteiger partial charge in [-0.05, 0) is 22.9 Å². The first kappa shape index (κ1) is 14.9. The second-order valence-corrected chi connectivity index (χ2v) is 5.60. The third-order valence-electron chi connectivity index (χ3n) is 2.23. The highest BCUT2D eigenvalue weighted by molar-refractivity contribution is 7.99. The molecule has 0 amide bonds. The Morgan fingerprint density at radius 1 is 1.39 bits per heavy atom. The van der Waals surface area contributed by atoms with Crippen molar-refractivity contribution in [2.24, 2.45) is 0 Å². The van der Waals surface area contributed by atoms with E-state index in [1.165, 1.54) is 23.9 Å². The number of rotatable bonds is 4. The lowest BCUT2D eigenvalue weighted by molar-refractivity contribution is -0.138. The minimum absolute atomic E-state index is 0.117. The average molecular weight is 278 g/mol. The molecule has 0 aliphatic carbocycles. The summed E-state index contributed by atoms with van der Waals surface area (Å²) < 4.78 is 38.4. The molecule has 0 atom stereocenters. The second kappa shape index (κ2) is 5.65. The van der Waals surface area contributed by atoms with Crippen molar-refractivity contribution < 1.29 is 23.1 Å². The molecule has 0 aromatic heterocycles. The molecule has 0 radical (unpaired) electrons. The van der Waals surface area contributed by atoms with Crippen LogP contribution in [0.15, 0.2) is 18.2 Å². The van der Waals surface area contributed by atoms with E-state index in [0.29, 0.717) is 6.07 Å². The maximum atomic E-state index is 12.8. The van der Waals surface area contributed by atoms with Crippen molar-refractivity contribution in [2.45, 2.75) is 31.0 Å². The fourth-order valence-electron chi connectivity index (χ4n) is 1.36. The number of carboxylic acids is 1. The SMILES string of the molecule is CC(C)SCc1ccc(C(=O)O)cc1C(F)(F)F. The Balaban J connectivity index is 3.13. The van der Waals surface area contributed by atoms with Crippen LogP contribution in [0, 0.1) is 0 Å². The number of carboxylic acid groups (broad SMARTS) is 1. The Kier molecular flexibility index (Phi) is 4.67. The smallest absolute Gasteiger partial charge is 0.416 e. The lowest BCUT2D eigenvalue weighted by atomic mass is 10.0. The Labute approximate surface area is 107 Å². The van der Waals surface area contributed by atoms with Gasteiger partial charge in [0.05, 0.1) is 11.1 Å². The van der Waals surface area contributed by atoms with E-state index in [9.17, 15) is 18.0 Å². The van der Waals surface area contributed by atoms with Gasteiger partial charge in [-0.25, -0.2) is 4.79 Å². The maximum Gasteiger partial charge on any atom is 0.416 e. The van der Waals surface area contributed by atoms with Crippen LogP contribution in [0.4, 0.5) is 13.2 Å². The summed E-state index contributed by atoms with van der Waals surface area (Å²) in [6, 6.07) is 3.13. The minimum atomic E-state index is -4.53. The summed E-state index contributed by atoms with van der Waals surface area (Å²) in [4.78, 5) is 10.7. The molecule has 0 spiro atoms. The van der Waals surface area contributed by atoms with Gasteiger partial charge >= 0.3 is 12.1 Å². The van der Waals surface area contributed by atoms with E-state index in [2.05, 4.69) is 0 Å². The first-order chi connectivity index (χ1) is 8.21. The number of carbonyl (C=O) groups is 1. The third kappa shape index (κ3) is 3.94. The second-order valence-electron chi connectivity index (χ2n) is 4.03. The summed E-state index contributed by atoms with van der Waals surface area (Å²) in [6.45, 7) is 3.78. The van der Waals surface area contributed by atoms with E-state index in [1.807, 2.05) is 13.8 Å². The van der Waals surface area contributed by atoms with Crippen LogP contribution in [-0.2, 0) is 11.9 Å². The van der Waals surface area contributed by atoms with Crippen molar-refractivity contribution >= 4 is 17.7 Å². The average Bonchev–Trinajstić information content (AvgIpc) is 2.24. The molecule has 0 aliphatic rings. The highest BCUT2D eigenvalue weighted by atomic mass is 32.2. The molecule has 0 bridgehead atoms. The van der Waals surface area contributed by atoms with Crippen molar-refractivity contribution in [2.75, 3.05) is 0 Å². The summed E-state index contributed by atoms with van der Waals surface area (Å²) in [5, 5.41) is 8.92. The van der Waals surface area contributed by atoms with E-state index in [4.69, 9.17) is 5.11 Å². The molecule has 1 aromatic rings. The van der Waals surface area contributed by atoms with Crippen molar-refractivity contribution in [1.29, 1.82) is 0 Å². The molecule has 0 aliphatic heterocycles. The molecule has 1 aromatic carbocycles.